The molecule has 2 nitrogen and oxygen atoms in total. The fourth-order valence-electron chi connectivity index (χ4n) is 9.17. The average molecular weight is 680 g/mol. The summed E-state index contributed by atoms with van der Waals surface area (Å²) in [5.41, 5.74) is 18.5. The van der Waals surface area contributed by atoms with Crippen molar-refractivity contribution in [2.45, 2.75) is 90.9 Å². The number of fused-ring (bicyclic) bond motifs is 9. The molecule has 260 valence electrons. The van der Waals surface area contributed by atoms with E-state index in [0.717, 1.165) is 28.2 Å². The van der Waals surface area contributed by atoms with Gasteiger partial charge in [-0.25, -0.2) is 0 Å². The molecule has 6 aromatic carbocycles. The number of nitrogens with zero attached hydrogens (tertiary/aromatic N) is 1. The molecule has 0 amide bonds. The summed E-state index contributed by atoms with van der Waals surface area (Å²) in [6, 6.07) is 43.4. The third kappa shape index (κ3) is 4.69. The van der Waals surface area contributed by atoms with Gasteiger partial charge in [-0.05, 0) is 109 Å². The van der Waals surface area contributed by atoms with Crippen LogP contribution in [-0.2, 0) is 21.7 Å². The Balaban J connectivity index is 1.27. The number of benzene rings is 6. The first-order valence-corrected chi connectivity index (χ1v) is 18.9. The molecule has 9 rings (SSSR count). The van der Waals surface area contributed by atoms with Gasteiger partial charge in [0.2, 0.25) is 0 Å². The van der Waals surface area contributed by atoms with E-state index in [0.29, 0.717) is 0 Å². The minimum atomic E-state index is -0.105. The molecule has 52 heavy (non-hydrogen) atoms. The molecule has 0 saturated carbocycles. The van der Waals surface area contributed by atoms with Crippen molar-refractivity contribution < 1.29 is 4.42 Å². The van der Waals surface area contributed by atoms with Crippen molar-refractivity contribution in [3.05, 3.63) is 149 Å². The topological polar surface area (TPSA) is 16.4 Å². The van der Waals surface area contributed by atoms with Gasteiger partial charge >= 0.3 is 0 Å². The largest absolute Gasteiger partial charge is 0.456 e. The fourth-order valence-corrected chi connectivity index (χ4v) is 9.17. The molecule has 0 fully saturated rings. The predicted octanol–water partition coefficient (Wildman–Crippen LogP) is 14.3. The van der Waals surface area contributed by atoms with E-state index in [4.69, 9.17) is 4.42 Å². The Morgan fingerprint density at radius 3 is 1.46 bits per heavy atom. The molecule has 2 heteroatoms. The minimum Gasteiger partial charge on any atom is -0.456 e. The van der Waals surface area contributed by atoms with E-state index >= 15 is 0 Å². The number of hydrogen-bond donors (Lipinski definition) is 0. The third-order valence-electron chi connectivity index (χ3n) is 12.1. The quantitative estimate of drug-likeness (QED) is 0.185. The lowest BCUT2D eigenvalue weighted by molar-refractivity contribution is 0.569. The first-order chi connectivity index (χ1) is 24.5. The zero-order valence-corrected chi connectivity index (χ0v) is 32.3. The summed E-state index contributed by atoms with van der Waals surface area (Å²) in [4.78, 5) is 2.44. The second-order valence-corrected chi connectivity index (χ2v) is 18.3. The molecule has 7 aromatic rings. The second-order valence-electron chi connectivity index (χ2n) is 18.3. The van der Waals surface area contributed by atoms with Gasteiger partial charge < -0.3 is 9.32 Å². The summed E-state index contributed by atoms with van der Waals surface area (Å²) < 4.78 is 6.86. The number of anilines is 3. The van der Waals surface area contributed by atoms with Gasteiger partial charge in [-0.15, -0.1) is 0 Å². The van der Waals surface area contributed by atoms with Gasteiger partial charge in [0.15, 0.2) is 0 Å². The van der Waals surface area contributed by atoms with Crippen LogP contribution in [0.5, 0.6) is 0 Å². The van der Waals surface area contributed by atoms with E-state index in [1.807, 2.05) is 0 Å². The van der Waals surface area contributed by atoms with Crippen molar-refractivity contribution in [1.82, 2.24) is 0 Å². The van der Waals surface area contributed by atoms with Crippen molar-refractivity contribution in [2.24, 2.45) is 0 Å². The van der Waals surface area contributed by atoms with E-state index in [2.05, 4.69) is 189 Å². The van der Waals surface area contributed by atoms with Gasteiger partial charge in [0, 0.05) is 44.7 Å². The number of furan rings is 1. The maximum absolute atomic E-state index is 6.86. The molecule has 0 unspecified atom stereocenters. The highest BCUT2D eigenvalue weighted by Gasteiger charge is 2.38. The molecular formula is C50H49NO. The number of rotatable bonds is 3. The van der Waals surface area contributed by atoms with Crippen LogP contribution in [0.3, 0.4) is 0 Å². The van der Waals surface area contributed by atoms with Crippen molar-refractivity contribution in [1.29, 1.82) is 0 Å². The van der Waals surface area contributed by atoms with Crippen LogP contribution in [-0.4, -0.2) is 0 Å². The lowest BCUT2D eigenvalue weighted by Crippen LogP contribution is -2.18. The Labute approximate surface area is 309 Å². The summed E-state index contributed by atoms with van der Waals surface area (Å²) >= 11 is 0. The fraction of sp³-hybridized carbons (Fsp3) is 0.280. The first-order valence-electron chi connectivity index (χ1n) is 18.9. The van der Waals surface area contributed by atoms with Crippen molar-refractivity contribution in [3.63, 3.8) is 0 Å². The Morgan fingerprint density at radius 1 is 0.462 bits per heavy atom. The van der Waals surface area contributed by atoms with Gasteiger partial charge in [-0.2, -0.15) is 0 Å². The average Bonchev–Trinajstić information content (AvgIpc) is 3.66. The molecular weight excluding hydrogens is 631 g/mol. The van der Waals surface area contributed by atoms with Crippen LogP contribution in [0.25, 0.3) is 44.2 Å². The van der Waals surface area contributed by atoms with Crippen LogP contribution in [0.15, 0.2) is 120 Å². The molecule has 1 aromatic heterocycles. The van der Waals surface area contributed by atoms with Crippen molar-refractivity contribution in [2.75, 3.05) is 4.90 Å². The molecule has 0 N–H and O–H groups in total. The maximum Gasteiger partial charge on any atom is 0.137 e. The molecule has 0 radical (unpaired) electrons. The molecule has 0 aliphatic heterocycles. The van der Waals surface area contributed by atoms with E-state index < -0.39 is 0 Å². The standard InChI is InChI=1S/C50H49NO/c1-47(2,3)30-25-43(48(4,5)6)46-38-24-21-33(29-44(38)52-45(46)26-30)51(31-19-22-36-34-15-11-13-17-39(34)49(7,8)41(36)27-31)32-20-23-37-35-16-12-14-18-40(35)50(9,10)42(37)28-32/h11-29H,1-10H3. The highest BCUT2D eigenvalue weighted by atomic mass is 16.3. The predicted molar refractivity (Wildman–Crippen MR) is 221 cm³/mol. The summed E-state index contributed by atoms with van der Waals surface area (Å²) in [5.74, 6) is 0. The van der Waals surface area contributed by atoms with Gasteiger partial charge in [0.25, 0.3) is 0 Å². The summed E-state index contributed by atoms with van der Waals surface area (Å²) in [6.45, 7) is 23.2. The van der Waals surface area contributed by atoms with Crippen LogP contribution in [0, 0.1) is 0 Å². The number of hydrogen-bond acceptors (Lipinski definition) is 2. The molecule has 0 atom stereocenters. The highest BCUT2D eigenvalue weighted by Crippen LogP contribution is 2.53. The minimum absolute atomic E-state index is 0.0110. The van der Waals surface area contributed by atoms with Crippen LogP contribution in [0.2, 0.25) is 0 Å². The third-order valence-corrected chi connectivity index (χ3v) is 12.1. The van der Waals surface area contributed by atoms with Crippen molar-refractivity contribution >= 4 is 39.0 Å². The van der Waals surface area contributed by atoms with Gasteiger partial charge in [-0.1, -0.05) is 136 Å². The normalized spacial score (nSPS) is 15.4. The van der Waals surface area contributed by atoms with Crippen molar-refractivity contribution in [3.8, 4) is 22.3 Å². The monoisotopic (exact) mass is 679 g/mol. The summed E-state index contributed by atoms with van der Waals surface area (Å²) in [6.07, 6.45) is 0. The smallest absolute Gasteiger partial charge is 0.137 e. The molecule has 0 bridgehead atoms. The first kappa shape index (κ1) is 32.8. The molecule has 2 aliphatic carbocycles. The summed E-state index contributed by atoms with van der Waals surface area (Å²) in [5, 5.41) is 2.39. The Bertz CT molecular complexity index is 2490. The van der Waals surface area contributed by atoms with E-state index in [1.54, 1.807) is 0 Å². The van der Waals surface area contributed by atoms with Crippen LogP contribution in [0.1, 0.15) is 103 Å². The second kappa shape index (κ2) is 10.7. The zero-order valence-electron chi connectivity index (χ0n) is 32.3. The maximum atomic E-state index is 6.86. The lowest BCUT2D eigenvalue weighted by Gasteiger charge is -2.29. The van der Waals surface area contributed by atoms with E-state index in [-0.39, 0.29) is 21.7 Å². The molecule has 1 heterocycles. The Kier molecular flexibility index (Phi) is 6.77. The van der Waals surface area contributed by atoms with Crippen LogP contribution < -0.4 is 4.90 Å². The van der Waals surface area contributed by atoms with E-state index in [9.17, 15) is 0 Å². The Hall–Kier alpha value is -5.08. The molecule has 0 spiro atoms. The molecule has 2 aliphatic rings. The van der Waals surface area contributed by atoms with E-state index in [1.165, 1.54) is 66.4 Å². The highest BCUT2D eigenvalue weighted by molar-refractivity contribution is 6.08. The van der Waals surface area contributed by atoms with Crippen LogP contribution >= 0.6 is 0 Å². The van der Waals surface area contributed by atoms with Gasteiger partial charge in [0.1, 0.15) is 11.2 Å². The van der Waals surface area contributed by atoms with Crippen LogP contribution in [0.4, 0.5) is 17.1 Å². The lowest BCUT2D eigenvalue weighted by atomic mass is 9.79. The molecule has 0 saturated heterocycles. The zero-order chi connectivity index (χ0) is 36.5. The van der Waals surface area contributed by atoms with Gasteiger partial charge in [0.05, 0.1) is 0 Å². The summed E-state index contributed by atoms with van der Waals surface area (Å²) in [7, 11) is 0. The SMILES string of the molecule is CC(C)(C)c1cc(C(C)(C)C)c2c(c1)oc1cc(N(c3ccc4c(c3)C(C)(C)c3ccccc3-4)c3ccc4c(c3)C(C)(C)c3ccccc3-4)ccc12. The Morgan fingerprint density at radius 2 is 0.942 bits per heavy atom. The van der Waals surface area contributed by atoms with Gasteiger partial charge in [-0.3, -0.25) is 0 Å².